The molecule has 0 aliphatic carbocycles. The Morgan fingerprint density at radius 2 is 2.00 bits per heavy atom. The van der Waals surface area contributed by atoms with Crippen LogP contribution >= 0.6 is 35.3 Å². The molecule has 1 unspecified atom stereocenters. The van der Waals surface area contributed by atoms with Gasteiger partial charge in [-0.3, -0.25) is 0 Å². The van der Waals surface area contributed by atoms with E-state index in [0.717, 1.165) is 71.0 Å². The van der Waals surface area contributed by atoms with Crippen LogP contribution in [-0.4, -0.2) is 55.9 Å². The number of nitrogens with one attached hydrogen (secondary N) is 1. The minimum atomic E-state index is 0. The van der Waals surface area contributed by atoms with Crippen LogP contribution in [0, 0.1) is 0 Å². The molecule has 0 radical (unpaired) electrons. The zero-order valence-corrected chi connectivity index (χ0v) is 20.5. The summed E-state index contributed by atoms with van der Waals surface area (Å²) in [7, 11) is 0. The second-order valence-electron chi connectivity index (χ2n) is 7.40. The summed E-state index contributed by atoms with van der Waals surface area (Å²) >= 11 is 1.87. The van der Waals surface area contributed by atoms with Gasteiger partial charge in [-0.2, -0.15) is 0 Å². The fraction of sp³-hybridized carbons (Fsp3) is 0.762. The number of ether oxygens (including phenoxy) is 2. The summed E-state index contributed by atoms with van der Waals surface area (Å²) in [5.74, 6) is 1.04. The second-order valence-corrected chi connectivity index (χ2v) is 8.65. The van der Waals surface area contributed by atoms with Crippen LogP contribution < -0.4 is 5.32 Å². The average molecular weight is 522 g/mol. The Morgan fingerprint density at radius 3 is 2.64 bits per heavy atom. The highest BCUT2D eigenvalue weighted by Gasteiger charge is 2.23. The molecule has 0 amide bonds. The minimum Gasteiger partial charge on any atom is -0.376 e. The van der Waals surface area contributed by atoms with Crippen molar-refractivity contribution in [2.24, 2.45) is 4.99 Å². The summed E-state index contributed by atoms with van der Waals surface area (Å²) in [6.45, 7) is 9.68. The lowest BCUT2D eigenvalue weighted by Gasteiger charge is -2.35. The molecule has 3 heterocycles. The second kappa shape index (κ2) is 13.0. The number of piperidine rings is 1. The molecule has 5 nitrogen and oxygen atoms in total. The topological polar surface area (TPSA) is 46.1 Å². The van der Waals surface area contributed by atoms with Crippen LogP contribution in [0.1, 0.15) is 55.7 Å². The molecule has 2 aliphatic rings. The number of likely N-dealkylation sites (tertiary alicyclic amines) is 1. The van der Waals surface area contributed by atoms with Crippen LogP contribution in [0.15, 0.2) is 17.1 Å². The third kappa shape index (κ3) is 7.46. The predicted molar refractivity (Wildman–Crippen MR) is 128 cm³/mol. The molecule has 1 N–H and O–H groups in total. The van der Waals surface area contributed by atoms with Crippen LogP contribution in [-0.2, 0) is 22.4 Å². The van der Waals surface area contributed by atoms with Gasteiger partial charge in [0.1, 0.15) is 0 Å². The lowest BCUT2D eigenvalue weighted by atomic mass is 10.1. The molecular formula is C21H36IN3O2S. The van der Waals surface area contributed by atoms with E-state index in [1.165, 1.54) is 22.6 Å². The Morgan fingerprint density at radius 1 is 1.21 bits per heavy atom. The van der Waals surface area contributed by atoms with Crippen molar-refractivity contribution in [3.8, 4) is 0 Å². The van der Waals surface area contributed by atoms with Crippen LogP contribution in [0.25, 0.3) is 0 Å². The standard InChI is InChI=1S/C21H35N3O2S.HI/c1-3-19-8-9-20(27-19)15-23-21(22-4-2)24-12-10-17(11-13-24)26-16-18-7-5-6-14-25-18;/h8-9,17-18H,3-7,10-16H2,1-2H3,(H,22,23);1H. The highest BCUT2D eigenvalue weighted by molar-refractivity contribution is 14.0. The van der Waals surface area contributed by atoms with Crippen molar-refractivity contribution in [3.05, 3.63) is 21.9 Å². The molecule has 7 heteroatoms. The van der Waals surface area contributed by atoms with Gasteiger partial charge in [0, 0.05) is 36.0 Å². The van der Waals surface area contributed by atoms with Gasteiger partial charge in [-0.25, -0.2) is 4.99 Å². The first-order chi connectivity index (χ1) is 13.3. The molecule has 0 aromatic carbocycles. The number of hydrogen-bond donors (Lipinski definition) is 1. The van der Waals surface area contributed by atoms with E-state index in [9.17, 15) is 0 Å². The van der Waals surface area contributed by atoms with Crippen molar-refractivity contribution >= 4 is 41.3 Å². The first kappa shape index (κ1) is 23.9. The molecule has 2 saturated heterocycles. The largest absolute Gasteiger partial charge is 0.376 e. The highest BCUT2D eigenvalue weighted by Crippen LogP contribution is 2.20. The Labute approximate surface area is 191 Å². The molecule has 1 aromatic rings. The SMILES string of the molecule is CCNC(=NCc1ccc(CC)s1)N1CCC(OCC2CCCCO2)CC1.I. The van der Waals surface area contributed by atoms with E-state index in [1.54, 1.807) is 0 Å². The maximum Gasteiger partial charge on any atom is 0.194 e. The van der Waals surface area contributed by atoms with Gasteiger partial charge in [-0.15, -0.1) is 35.3 Å². The minimum absolute atomic E-state index is 0. The van der Waals surface area contributed by atoms with Gasteiger partial charge in [0.05, 0.1) is 25.4 Å². The van der Waals surface area contributed by atoms with Crippen molar-refractivity contribution < 1.29 is 9.47 Å². The summed E-state index contributed by atoms with van der Waals surface area (Å²) in [4.78, 5) is 10.0. The third-order valence-electron chi connectivity index (χ3n) is 5.32. The van der Waals surface area contributed by atoms with Gasteiger partial charge in [-0.05, 0) is 57.6 Å². The Kier molecular flexibility index (Phi) is 11.1. The molecule has 1 aromatic heterocycles. The van der Waals surface area contributed by atoms with Crippen LogP contribution in [0.2, 0.25) is 0 Å². The van der Waals surface area contributed by atoms with Crippen LogP contribution in [0.5, 0.6) is 0 Å². The Balaban J connectivity index is 0.00000280. The van der Waals surface area contributed by atoms with Gasteiger partial charge in [-0.1, -0.05) is 6.92 Å². The number of thiophene rings is 1. The summed E-state index contributed by atoms with van der Waals surface area (Å²) in [5, 5.41) is 3.46. The molecule has 2 aliphatic heterocycles. The number of hydrogen-bond acceptors (Lipinski definition) is 4. The predicted octanol–water partition coefficient (Wildman–Crippen LogP) is 4.44. The number of aryl methyl sites for hydroxylation is 1. The van der Waals surface area contributed by atoms with Crippen molar-refractivity contribution in [1.29, 1.82) is 0 Å². The zero-order chi connectivity index (χ0) is 18.9. The van der Waals surface area contributed by atoms with Gasteiger partial charge in [0.15, 0.2) is 5.96 Å². The van der Waals surface area contributed by atoms with Gasteiger partial charge >= 0.3 is 0 Å². The smallest absolute Gasteiger partial charge is 0.194 e. The van der Waals surface area contributed by atoms with Crippen molar-refractivity contribution in [2.45, 2.75) is 71.1 Å². The molecule has 28 heavy (non-hydrogen) atoms. The lowest BCUT2D eigenvalue weighted by Crippen LogP contribution is -2.47. The molecule has 0 saturated carbocycles. The monoisotopic (exact) mass is 521 g/mol. The van der Waals surface area contributed by atoms with E-state index in [2.05, 4.69) is 36.2 Å². The summed E-state index contributed by atoms with van der Waals surface area (Å²) in [6, 6.07) is 4.44. The number of rotatable bonds is 7. The Bertz CT molecular complexity index is 582. The molecule has 160 valence electrons. The van der Waals surface area contributed by atoms with Crippen molar-refractivity contribution in [1.82, 2.24) is 10.2 Å². The first-order valence-corrected chi connectivity index (χ1v) is 11.4. The summed E-state index contributed by atoms with van der Waals surface area (Å²) in [5.41, 5.74) is 0. The maximum atomic E-state index is 6.14. The maximum absolute atomic E-state index is 6.14. The van der Waals surface area contributed by atoms with Crippen LogP contribution in [0.3, 0.4) is 0 Å². The third-order valence-corrected chi connectivity index (χ3v) is 6.53. The highest BCUT2D eigenvalue weighted by atomic mass is 127. The quantitative estimate of drug-likeness (QED) is 0.328. The number of halogens is 1. The first-order valence-electron chi connectivity index (χ1n) is 10.6. The lowest BCUT2D eigenvalue weighted by molar-refractivity contribution is -0.0721. The van der Waals surface area contributed by atoms with Gasteiger partial charge in [0.25, 0.3) is 0 Å². The van der Waals surface area contributed by atoms with E-state index in [0.29, 0.717) is 12.2 Å². The molecule has 1 atom stereocenters. The number of guanidine groups is 1. The fourth-order valence-electron chi connectivity index (χ4n) is 3.69. The van der Waals surface area contributed by atoms with E-state index in [1.807, 2.05) is 11.3 Å². The normalized spacial score (nSPS) is 21.4. The Hall–Kier alpha value is -0.380. The summed E-state index contributed by atoms with van der Waals surface area (Å²) < 4.78 is 11.9. The zero-order valence-electron chi connectivity index (χ0n) is 17.3. The molecule has 2 fully saturated rings. The van der Waals surface area contributed by atoms with Crippen molar-refractivity contribution in [3.63, 3.8) is 0 Å². The van der Waals surface area contributed by atoms with Gasteiger partial charge < -0.3 is 19.7 Å². The van der Waals surface area contributed by atoms with Crippen molar-refractivity contribution in [2.75, 3.05) is 32.8 Å². The number of aliphatic imine (C=N–C) groups is 1. The molecule has 3 rings (SSSR count). The van der Waals surface area contributed by atoms with E-state index >= 15 is 0 Å². The van der Waals surface area contributed by atoms with E-state index < -0.39 is 0 Å². The summed E-state index contributed by atoms with van der Waals surface area (Å²) in [6.07, 6.45) is 7.54. The molecular weight excluding hydrogens is 485 g/mol. The molecule has 0 bridgehead atoms. The van der Waals surface area contributed by atoms with Crippen LogP contribution in [0.4, 0.5) is 0 Å². The van der Waals surface area contributed by atoms with E-state index in [4.69, 9.17) is 14.5 Å². The number of nitrogens with zero attached hydrogens (tertiary/aromatic N) is 2. The average Bonchev–Trinajstić information content (AvgIpc) is 3.19. The van der Waals surface area contributed by atoms with E-state index in [-0.39, 0.29) is 24.0 Å². The fourth-order valence-corrected chi connectivity index (χ4v) is 4.57. The molecule has 0 spiro atoms. The van der Waals surface area contributed by atoms with Gasteiger partial charge in [0.2, 0.25) is 0 Å².